The Hall–Kier alpha value is -0.520. The highest BCUT2D eigenvalue weighted by Crippen LogP contribution is 2.29. The summed E-state index contributed by atoms with van der Waals surface area (Å²) in [5, 5.41) is 3.34. The summed E-state index contributed by atoms with van der Waals surface area (Å²) < 4.78 is 5.86. The molecule has 0 radical (unpaired) electrons. The van der Waals surface area contributed by atoms with Gasteiger partial charge in [0.1, 0.15) is 0 Å². The van der Waals surface area contributed by atoms with Gasteiger partial charge in [-0.2, -0.15) is 0 Å². The van der Waals surface area contributed by atoms with Crippen LogP contribution in [0, 0.1) is 0 Å². The van der Waals surface area contributed by atoms with E-state index in [-0.39, 0.29) is 0 Å². The number of ether oxygens (including phenoxy) is 1. The third-order valence-electron chi connectivity index (χ3n) is 2.75. The molecule has 0 atom stereocenters. The molecule has 1 aromatic carbocycles. The van der Waals surface area contributed by atoms with Crippen molar-refractivity contribution in [3.05, 3.63) is 51.2 Å². The topological polar surface area (TPSA) is 21.3 Å². The number of halogens is 1. The monoisotopic (exact) mass is 327 g/mol. The fourth-order valence-corrected chi connectivity index (χ4v) is 3.72. The summed E-state index contributed by atoms with van der Waals surface area (Å²) in [6.07, 6.45) is 0. The number of methoxy groups -OCH3 is 1. The molecule has 0 amide bonds. The first-order valence-electron chi connectivity index (χ1n) is 6.43. The Balaban J connectivity index is 1.76. The molecule has 1 aromatic heterocycles. The van der Waals surface area contributed by atoms with Crippen molar-refractivity contribution < 1.29 is 4.74 Å². The summed E-state index contributed by atoms with van der Waals surface area (Å²) in [6.45, 7) is 2.51. The Morgan fingerprint density at radius 3 is 2.65 bits per heavy atom. The highest BCUT2D eigenvalue weighted by molar-refractivity contribution is 7.98. The lowest BCUT2D eigenvalue weighted by atomic mass is 10.2. The Labute approximate surface area is 133 Å². The van der Waals surface area contributed by atoms with Crippen molar-refractivity contribution in [1.29, 1.82) is 0 Å². The minimum atomic E-state index is 0.747. The smallest absolute Gasteiger partial charge is 0.0931 e. The number of hydrogen-bond acceptors (Lipinski definition) is 4. The van der Waals surface area contributed by atoms with E-state index in [0.717, 1.165) is 29.8 Å². The molecule has 20 heavy (non-hydrogen) atoms. The quantitative estimate of drug-likeness (QED) is 0.572. The van der Waals surface area contributed by atoms with Crippen molar-refractivity contribution >= 4 is 34.7 Å². The van der Waals surface area contributed by atoms with E-state index in [4.69, 9.17) is 16.3 Å². The van der Waals surface area contributed by atoms with Gasteiger partial charge >= 0.3 is 0 Å². The van der Waals surface area contributed by atoms with Gasteiger partial charge in [-0.3, -0.25) is 0 Å². The molecule has 2 nitrogen and oxygen atoms in total. The summed E-state index contributed by atoms with van der Waals surface area (Å²) in [5.74, 6) is 0.975. The van der Waals surface area contributed by atoms with E-state index in [9.17, 15) is 0 Å². The van der Waals surface area contributed by atoms with Crippen LogP contribution >= 0.6 is 34.7 Å². The normalized spacial score (nSPS) is 10.9. The van der Waals surface area contributed by atoms with Crippen LogP contribution in [0.3, 0.4) is 0 Å². The maximum Gasteiger partial charge on any atom is 0.0931 e. The Morgan fingerprint density at radius 2 is 2.00 bits per heavy atom. The van der Waals surface area contributed by atoms with Crippen LogP contribution in [0.2, 0.25) is 4.34 Å². The van der Waals surface area contributed by atoms with Crippen LogP contribution < -0.4 is 5.32 Å². The van der Waals surface area contributed by atoms with Crippen LogP contribution in [0.25, 0.3) is 0 Å². The van der Waals surface area contributed by atoms with E-state index in [1.807, 2.05) is 17.8 Å². The first kappa shape index (κ1) is 15.9. The lowest BCUT2D eigenvalue weighted by Crippen LogP contribution is -2.18. The number of hydrogen-bond donors (Lipinski definition) is 1. The average Bonchev–Trinajstić information content (AvgIpc) is 2.88. The largest absolute Gasteiger partial charge is 0.383 e. The van der Waals surface area contributed by atoms with Gasteiger partial charge in [-0.05, 0) is 29.8 Å². The molecule has 0 fully saturated rings. The SMILES string of the molecule is COCCNCc1ccc(SCc2ccc(Cl)s2)cc1. The van der Waals surface area contributed by atoms with Crippen LogP contribution in [-0.2, 0) is 17.0 Å². The summed E-state index contributed by atoms with van der Waals surface area (Å²) in [6, 6.07) is 12.7. The predicted octanol–water partition coefficient (Wildman–Crippen LogP) is 4.43. The standard InChI is InChI=1S/C15H18ClNOS2/c1-18-9-8-17-10-12-2-4-13(5-3-12)19-11-14-6-7-15(16)20-14/h2-7,17H,8-11H2,1H3. The van der Waals surface area contributed by atoms with E-state index in [1.165, 1.54) is 15.3 Å². The molecular weight excluding hydrogens is 310 g/mol. The fraction of sp³-hybridized carbons (Fsp3) is 0.333. The van der Waals surface area contributed by atoms with Crippen molar-refractivity contribution in [2.75, 3.05) is 20.3 Å². The van der Waals surface area contributed by atoms with E-state index in [1.54, 1.807) is 18.4 Å². The molecule has 0 aliphatic rings. The van der Waals surface area contributed by atoms with Crippen molar-refractivity contribution in [1.82, 2.24) is 5.32 Å². The van der Waals surface area contributed by atoms with E-state index in [0.29, 0.717) is 0 Å². The predicted molar refractivity (Wildman–Crippen MR) is 88.9 cm³/mol. The zero-order chi connectivity index (χ0) is 14.2. The van der Waals surface area contributed by atoms with Gasteiger partial charge in [0, 0.05) is 35.7 Å². The zero-order valence-corrected chi connectivity index (χ0v) is 13.8. The van der Waals surface area contributed by atoms with Crippen molar-refractivity contribution in [2.24, 2.45) is 0 Å². The Bertz CT molecular complexity index is 513. The molecule has 0 spiro atoms. The van der Waals surface area contributed by atoms with Crippen molar-refractivity contribution in [3.63, 3.8) is 0 Å². The maximum absolute atomic E-state index is 5.93. The van der Waals surface area contributed by atoms with Gasteiger partial charge in [-0.1, -0.05) is 23.7 Å². The third kappa shape index (κ3) is 5.46. The fourth-order valence-electron chi connectivity index (χ4n) is 1.69. The number of thioether (sulfide) groups is 1. The van der Waals surface area contributed by atoms with Gasteiger partial charge in [0.05, 0.1) is 10.9 Å². The molecule has 0 saturated heterocycles. The second-order valence-corrected chi connectivity index (χ2v) is 7.16. The number of benzene rings is 1. The van der Waals surface area contributed by atoms with E-state index in [2.05, 4.69) is 35.6 Å². The average molecular weight is 328 g/mol. The van der Waals surface area contributed by atoms with Gasteiger partial charge in [-0.25, -0.2) is 0 Å². The first-order chi connectivity index (χ1) is 9.78. The van der Waals surface area contributed by atoms with Gasteiger partial charge in [0.15, 0.2) is 0 Å². The van der Waals surface area contributed by atoms with E-state index < -0.39 is 0 Å². The number of rotatable bonds is 8. The zero-order valence-electron chi connectivity index (χ0n) is 11.4. The molecule has 5 heteroatoms. The van der Waals surface area contributed by atoms with Crippen LogP contribution in [0.15, 0.2) is 41.3 Å². The van der Waals surface area contributed by atoms with Crippen molar-refractivity contribution in [2.45, 2.75) is 17.2 Å². The Morgan fingerprint density at radius 1 is 1.20 bits per heavy atom. The summed E-state index contributed by atoms with van der Waals surface area (Å²) in [7, 11) is 1.72. The second-order valence-electron chi connectivity index (χ2n) is 4.31. The highest BCUT2D eigenvalue weighted by atomic mass is 35.5. The molecule has 108 valence electrons. The molecule has 1 heterocycles. The first-order valence-corrected chi connectivity index (χ1v) is 8.61. The number of nitrogens with one attached hydrogen (secondary N) is 1. The van der Waals surface area contributed by atoms with Gasteiger partial charge in [0.2, 0.25) is 0 Å². The van der Waals surface area contributed by atoms with Gasteiger partial charge in [0.25, 0.3) is 0 Å². The number of thiophene rings is 1. The molecule has 0 saturated carbocycles. The molecule has 0 unspecified atom stereocenters. The summed E-state index contributed by atoms with van der Waals surface area (Å²) in [5.41, 5.74) is 1.30. The third-order valence-corrected chi connectivity index (χ3v) is 5.22. The van der Waals surface area contributed by atoms with Crippen LogP contribution in [0.1, 0.15) is 10.4 Å². The molecule has 2 aromatic rings. The van der Waals surface area contributed by atoms with Crippen LogP contribution in [0.5, 0.6) is 0 Å². The lowest BCUT2D eigenvalue weighted by molar-refractivity contribution is 0.199. The maximum atomic E-state index is 5.93. The molecular formula is C15H18ClNOS2. The highest BCUT2D eigenvalue weighted by Gasteiger charge is 2.00. The minimum absolute atomic E-state index is 0.747. The van der Waals surface area contributed by atoms with Crippen LogP contribution in [-0.4, -0.2) is 20.3 Å². The Kier molecular flexibility index (Phi) is 6.90. The second kappa shape index (κ2) is 8.70. The summed E-state index contributed by atoms with van der Waals surface area (Å²) in [4.78, 5) is 2.60. The molecule has 0 aliphatic carbocycles. The summed E-state index contributed by atoms with van der Waals surface area (Å²) >= 11 is 9.41. The molecule has 0 bridgehead atoms. The van der Waals surface area contributed by atoms with Crippen molar-refractivity contribution in [3.8, 4) is 0 Å². The minimum Gasteiger partial charge on any atom is -0.383 e. The molecule has 2 rings (SSSR count). The van der Waals surface area contributed by atoms with Gasteiger partial charge < -0.3 is 10.1 Å². The van der Waals surface area contributed by atoms with Gasteiger partial charge in [-0.15, -0.1) is 23.1 Å². The lowest BCUT2D eigenvalue weighted by Gasteiger charge is -2.05. The van der Waals surface area contributed by atoms with Crippen LogP contribution in [0.4, 0.5) is 0 Å². The molecule has 1 N–H and O–H groups in total. The molecule has 0 aliphatic heterocycles. The van der Waals surface area contributed by atoms with E-state index >= 15 is 0 Å².